The van der Waals surface area contributed by atoms with Gasteiger partial charge in [-0.15, -0.1) is 0 Å². The number of carboxylic acid groups (broad SMARTS) is 2. The van der Waals surface area contributed by atoms with Crippen LogP contribution in [0.15, 0.2) is 0 Å². The van der Waals surface area contributed by atoms with Crippen LogP contribution >= 0.6 is 0 Å². The average Bonchev–Trinajstić information content (AvgIpc) is 2.25. The molecule has 0 fully saturated rings. The third kappa shape index (κ3) is 6.76. The molecule has 0 radical (unpaired) electrons. The Balaban J connectivity index is 4.78. The highest BCUT2D eigenvalue weighted by atomic mass is 16.4. The first-order valence-electron chi connectivity index (χ1n) is 6.08. The molecule has 19 heavy (non-hydrogen) atoms. The standard InChI is InChI=1S/C12H22N2O5/c1-5-12(3,4)13-11(19)8(2)14(6-9(15)16)7-10(17)18/h8H,5-7H2,1-4H3,(H,13,19)(H,15,16)(H,17,18). The molecule has 0 aromatic heterocycles. The zero-order valence-electron chi connectivity index (χ0n) is 11.8. The molecule has 1 amide bonds. The van der Waals surface area contributed by atoms with E-state index in [0.29, 0.717) is 6.42 Å². The van der Waals surface area contributed by atoms with E-state index < -0.39 is 36.6 Å². The van der Waals surface area contributed by atoms with Gasteiger partial charge < -0.3 is 15.5 Å². The molecular weight excluding hydrogens is 252 g/mol. The lowest BCUT2D eigenvalue weighted by atomic mass is 10.0. The maximum absolute atomic E-state index is 12.0. The van der Waals surface area contributed by atoms with Gasteiger partial charge in [0.25, 0.3) is 0 Å². The van der Waals surface area contributed by atoms with Crippen molar-refractivity contribution in [2.24, 2.45) is 0 Å². The molecule has 0 aromatic rings. The van der Waals surface area contributed by atoms with E-state index in [0.717, 1.165) is 4.90 Å². The number of hydrogen-bond donors (Lipinski definition) is 3. The van der Waals surface area contributed by atoms with Gasteiger partial charge >= 0.3 is 11.9 Å². The van der Waals surface area contributed by atoms with Crippen LogP contribution in [-0.2, 0) is 14.4 Å². The lowest BCUT2D eigenvalue weighted by Gasteiger charge is -2.30. The number of nitrogens with one attached hydrogen (secondary N) is 1. The highest BCUT2D eigenvalue weighted by molar-refractivity contribution is 5.83. The molecule has 0 rings (SSSR count). The lowest BCUT2D eigenvalue weighted by Crippen LogP contribution is -2.53. The van der Waals surface area contributed by atoms with Gasteiger partial charge in [-0.3, -0.25) is 19.3 Å². The first-order chi connectivity index (χ1) is 8.59. The molecule has 0 aromatic carbocycles. The SMILES string of the molecule is CCC(C)(C)NC(=O)C(C)N(CC(=O)O)CC(=O)O. The summed E-state index contributed by atoms with van der Waals surface area (Å²) in [5.41, 5.74) is -0.413. The minimum absolute atomic E-state index is 0.380. The van der Waals surface area contributed by atoms with Gasteiger partial charge in [-0.25, -0.2) is 0 Å². The number of carbonyl (C=O) groups excluding carboxylic acids is 1. The van der Waals surface area contributed by atoms with Gasteiger partial charge in [0.05, 0.1) is 19.1 Å². The Bertz CT molecular complexity index is 338. The minimum atomic E-state index is -1.17. The molecule has 1 unspecified atom stereocenters. The second kappa shape index (κ2) is 7.08. The topological polar surface area (TPSA) is 107 Å². The molecule has 0 heterocycles. The van der Waals surface area contributed by atoms with Gasteiger partial charge in [0.15, 0.2) is 0 Å². The van der Waals surface area contributed by atoms with E-state index in [1.807, 2.05) is 20.8 Å². The molecular formula is C12H22N2O5. The van der Waals surface area contributed by atoms with Crippen LogP contribution in [0.1, 0.15) is 34.1 Å². The summed E-state index contributed by atoms with van der Waals surface area (Å²) in [6.45, 7) is 6.11. The van der Waals surface area contributed by atoms with Gasteiger partial charge in [-0.2, -0.15) is 0 Å². The van der Waals surface area contributed by atoms with E-state index in [-0.39, 0.29) is 5.91 Å². The lowest BCUT2D eigenvalue weighted by molar-refractivity contribution is -0.144. The summed E-state index contributed by atoms with van der Waals surface area (Å²) >= 11 is 0. The third-order valence-electron chi connectivity index (χ3n) is 2.95. The molecule has 0 aliphatic heterocycles. The highest BCUT2D eigenvalue weighted by Gasteiger charge is 2.28. The summed E-state index contributed by atoms with van der Waals surface area (Å²) in [5, 5.41) is 20.2. The second-order valence-corrected chi connectivity index (χ2v) is 5.10. The predicted octanol–water partition coefficient (Wildman–Crippen LogP) is 0.151. The van der Waals surface area contributed by atoms with Gasteiger partial charge in [-0.05, 0) is 27.2 Å². The van der Waals surface area contributed by atoms with Crippen molar-refractivity contribution in [3.8, 4) is 0 Å². The van der Waals surface area contributed by atoms with Crippen LogP contribution in [0.2, 0.25) is 0 Å². The Morgan fingerprint density at radius 1 is 1.16 bits per heavy atom. The predicted molar refractivity (Wildman–Crippen MR) is 68.8 cm³/mol. The van der Waals surface area contributed by atoms with Crippen molar-refractivity contribution >= 4 is 17.8 Å². The molecule has 0 aliphatic carbocycles. The zero-order valence-corrected chi connectivity index (χ0v) is 11.8. The van der Waals surface area contributed by atoms with Crippen LogP contribution in [0.25, 0.3) is 0 Å². The van der Waals surface area contributed by atoms with E-state index in [1.165, 1.54) is 6.92 Å². The number of aliphatic carboxylic acids is 2. The largest absolute Gasteiger partial charge is 0.480 e. The van der Waals surface area contributed by atoms with Crippen molar-refractivity contribution in [1.82, 2.24) is 10.2 Å². The number of amides is 1. The van der Waals surface area contributed by atoms with E-state index in [9.17, 15) is 14.4 Å². The summed E-state index contributed by atoms with van der Waals surface area (Å²) in [6.07, 6.45) is 0.712. The average molecular weight is 274 g/mol. The van der Waals surface area contributed by atoms with Crippen molar-refractivity contribution in [1.29, 1.82) is 0 Å². The maximum Gasteiger partial charge on any atom is 0.317 e. The third-order valence-corrected chi connectivity index (χ3v) is 2.95. The van der Waals surface area contributed by atoms with Gasteiger partial charge in [0.2, 0.25) is 5.91 Å². The number of hydrogen-bond acceptors (Lipinski definition) is 4. The number of rotatable bonds is 8. The zero-order chi connectivity index (χ0) is 15.2. The van der Waals surface area contributed by atoms with Gasteiger partial charge in [0, 0.05) is 5.54 Å². The quantitative estimate of drug-likeness (QED) is 0.581. The van der Waals surface area contributed by atoms with E-state index in [1.54, 1.807) is 0 Å². The minimum Gasteiger partial charge on any atom is -0.480 e. The summed E-state index contributed by atoms with van der Waals surface area (Å²) < 4.78 is 0. The monoisotopic (exact) mass is 274 g/mol. The number of carboxylic acids is 2. The Morgan fingerprint density at radius 2 is 1.58 bits per heavy atom. The molecule has 110 valence electrons. The van der Waals surface area contributed by atoms with Crippen molar-refractivity contribution in [3.05, 3.63) is 0 Å². The molecule has 7 nitrogen and oxygen atoms in total. The first-order valence-corrected chi connectivity index (χ1v) is 6.08. The van der Waals surface area contributed by atoms with Crippen LogP contribution in [0.4, 0.5) is 0 Å². The van der Waals surface area contributed by atoms with Crippen LogP contribution in [0, 0.1) is 0 Å². The van der Waals surface area contributed by atoms with E-state index in [4.69, 9.17) is 10.2 Å². The Kier molecular flexibility index (Phi) is 6.47. The van der Waals surface area contributed by atoms with Crippen LogP contribution in [0.3, 0.4) is 0 Å². The smallest absolute Gasteiger partial charge is 0.317 e. The van der Waals surface area contributed by atoms with Crippen molar-refractivity contribution < 1.29 is 24.6 Å². The summed E-state index contributed by atoms with van der Waals surface area (Å²) in [7, 11) is 0. The molecule has 0 bridgehead atoms. The Morgan fingerprint density at radius 3 is 1.89 bits per heavy atom. The molecule has 0 saturated carbocycles. The molecule has 1 atom stereocenters. The molecule has 0 saturated heterocycles. The summed E-state index contributed by atoms with van der Waals surface area (Å²) in [6, 6.07) is -0.821. The summed E-state index contributed by atoms with van der Waals surface area (Å²) in [4.78, 5) is 34.5. The molecule has 0 aliphatic rings. The van der Waals surface area contributed by atoms with Crippen molar-refractivity contribution in [2.45, 2.75) is 45.7 Å². The number of carbonyl (C=O) groups is 3. The van der Waals surface area contributed by atoms with E-state index >= 15 is 0 Å². The van der Waals surface area contributed by atoms with Crippen LogP contribution in [0.5, 0.6) is 0 Å². The highest BCUT2D eigenvalue weighted by Crippen LogP contribution is 2.09. The first kappa shape index (κ1) is 17.4. The summed E-state index contributed by atoms with van der Waals surface area (Å²) in [5.74, 6) is -2.72. The fourth-order valence-corrected chi connectivity index (χ4v) is 1.37. The van der Waals surface area contributed by atoms with Crippen LogP contribution in [-0.4, -0.2) is 57.6 Å². The molecule has 3 N–H and O–H groups in total. The second-order valence-electron chi connectivity index (χ2n) is 5.10. The fourth-order valence-electron chi connectivity index (χ4n) is 1.37. The Hall–Kier alpha value is -1.63. The maximum atomic E-state index is 12.0. The normalized spacial score (nSPS) is 13.1. The van der Waals surface area contributed by atoms with Gasteiger partial charge in [-0.1, -0.05) is 6.92 Å². The van der Waals surface area contributed by atoms with Crippen molar-refractivity contribution in [3.63, 3.8) is 0 Å². The molecule has 7 heteroatoms. The van der Waals surface area contributed by atoms with Crippen LogP contribution < -0.4 is 5.32 Å². The van der Waals surface area contributed by atoms with Gasteiger partial charge in [0.1, 0.15) is 0 Å². The van der Waals surface area contributed by atoms with Crippen molar-refractivity contribution in [2.75, 3.05) is 13.1 Å². The van der Waals surface area contributed by atoms with E-state index in [2.05, 4.69) is 5.32 Å². The molecule has 0 spiro atoms. The fraction of sp³-hybridized carbons (Fsp3) is 0.750. The number of nitrogens with zero attached hydrogens (tertiary/aromatic N) is 1. The Labute approximate surface area is 112 Å².